The molecule has 1 saturated carbocycles. The molecule has 1 aliphatic rings. The topological polar surface area (TPSA) is 64.1 Å². The van der Waals surface area contributed by atoms with Crippen LogP contribution in [0.15, 0.2) is 53.6 Å². The van der Waals surface area contributed by atoms with Crippen molar-refractivity contribution in [2.75, 3.05) is 0 Å². The summed E-state index contributed by atoms with van der Waals surface area (Å²) < 4.78 is 63.5. The van der Waals surface area contributed by atoms with E-state index in [9.17, 15) is 26.4 Å². The smallest absolute Gasteiger partial charge is 0.300 e. The van der Waals surface area contributed by atoms with Crippen molar-refractivity contribution in [3.05, 3.63) is 59.9 Å². The molecular formula is C18H16F3NO3S. The molecule has 0 spiro atoms. The van der Waals surface area contributed by atoms with Crippen molar-refractivity contribution in [2.45, 2.75) is 41.5 Å². The predicted molar refractivity (Wildman–Crippen MR) is 88.0 cm³/mol. The van der Waals surface area contributed by atoms with E-state index in [1.807, 2.05) is 0 Å². The standard InChI is InChI=1S/C18H16F3NO3S/c19-18(20,21)16-7-6-15(12-22-16)26(24,25)17(10-8-14(23)9-11-17)13-4-2-1-3-5-13/h1-7,12H,8-11H2. The van der Waals surface area contributed by atoms with Crippen molar-refractivity contribution < 1.29 is 26.4 Å². The Bertz CT molecular complexity index is 897. The zero-order chi connectivity index (χ0) is 19.0. The van der Waals surface area contributed by atoms with E-state index in [4.69, 9.17) is 0 Å². The first-order valence-electron chi connectivity index (χ1n) is 8.02. The van der Waals surface area contributed by atoms with Gasteiger partial charge in [0.05, 0.1) is 4.90 Å². The number of rotatable bonds is 3. The first-order chi connectivity index (χ1) is 12.2. The van der Waals surface area contributed by atoms with Gasteiger partial charge in [0.1, 0.15) is 16.2 Å². The van der Waals surface area contributed by atoms with E-state index < -0.39 is 26.5 Å². The predicted octanol–water partition coefficient (Wildman–Crippen LogP) is 3.91. The molecule has 8 heteroatoms. The van der Waals surface area contributed by atoms with E-state index in [1.165, 1.54) is 0 Å². The fourth-order valence-corrected chi connectivity index (χ4v) is 5.40. The molecule has 0 aliphatic heterocycles. The Morgan fingerprint density at radius 1 is 0.962 bits per heavy atom. The van der Waals surface area contributed by atoms with Gasteiger partial charge in [0.2, 0.25) is 0 Å². The molecule has 0 atom stereocenters. The molecule has 0 unspecified atom stereocenters. The van der Waals surface area contributed by atoms with E-state index in [0.717, 1.165) is 12.3 Å². The molecular weight excluding hydrogens is 367 g/mol. The summed E-state index contributed by atoms with van der Waals surface area (Å²) in [5, 5.41) is 0. The molecule has 1 aliphatic carbocycles. The average Bonchev–Trinajstić information content (AvgIpc) is 2.62. The summed E-state index contributed by atoms with van der Waals surface area (Å²) in [6, 6.07) is 10.1. The highest BCUT2D eigenvalue weighted by atomic mass is 32.2. The number of benzene rings is 1. The van der Waals surface area contributed by atoms with Crippen molar-refractivity contribution in [1.82, 2.24) is 4.98 Å². The zero-order valence-electron chi connectivity index (χ0n) is 13.7. The number of hydrogen-bond donors (Lipinski definition) is 0. The van der Waals surface area contributed by atoms with E-state index in [2.05, 4.69) is 4.98 Å². The molecule has 2 aromatic rings. The minimum absolute atomic E-state index is 0.0164. The van der Waals surface area contributed by atoms with Gasteiger partial charge in [-0.15, -0.1) is 0 Å². The van der Waals surface area contributed by atoms with E-state index in [1.54, 1.807) is 30.3 Å². The van der Waals surface area contributed by atoms with Gasteiger partial charge in [0.15, 0.2) is 9.84 Å². The monoisotopic (exact) mass is 383 g/mol. The third kappa shape index (κ3) is 3.13. The van der Waals surface area contributed by atoms with Gasteiger partial charge in [-0.05, 0) is 30.5 Å². The summed E-state index contributed by atoms with van der Waals surface area (Å²) >= 11 is 0. The number of carbonyl (C=O) groups excluding carboxylic acids is 1. The second-order valence-corrected chi connectivity index (χ2v) is 8.54. The maximum atomic E-state index is 13.3. The van der Waals surface area contributed by atoms with Gasteiger partial charge in [-0.1, -0.05) is 30.3 Å². The van der Waals surface area contributed by atoms with Crippen molar-refractivity contribution in [3.8, 4) is 0 Å². The number of halogens is 3. The lowest BCUT2D eigenvalue weighted by atomic mass is 9.82. The average molecular weight is 383 g/mol. The summed E-state index contributed by atoms with van der Waals surface area (Å²) in [4.78, 5) is 14.7. The quantitative estimate of drug-likeness (QED) is 0.806. The molecule has 4 nitrogen and oxygen atoms in total. The van der Waals surface area contributed by atoms with Crippen LogP contribution in [0.25, 0.3) is 0 Å². The van der Waals surface area contributed by atoms with Gasteiger partial charge in [0, 0.05) is 19.0 Å². The second kappa shape index (κ2) is 6.50. The highest BCUT2D eigenvalue weighted by Gasteiger charge is 2.48. The van der Waals surface area contributed by atoms with Crippen LogP contribution in [-0.2, 0) is 25.6 Å². The van der Waals surface area contributed by atoms with Crippen LogP contribution in [0, 0.1) is 0 Å². The molecule has 0 amide bonds. The van der Waals surface area contributed by atoms with Crippen LogP contribution in [-0.4, -0.2) is 19.2 Å². The molecule has 138 valence electrons. The maximum Gasteiger partial charge on any atom is 0.433 e. The Labute approximate surface area is 149 Å². The van der Waals surface area contributed by atoms with Crippen LogP contribution in [0.2, 0.25) is 0 Å². The van der Waals surface area contributed by atoms with Crippen LogP contribution < -0.4 is 0 Å². The lowest BCUT2D eigenvalue weighted by molar-refractivity contribution is -0.141. The molecule has 0 bridgehead atoms. The highest BCUT2D eigenvalue weighted by molar-refractivity contribution is 7.92. The lowest BCUT2D eigenvalue weighted by Crippen LogP contribution is -2.40. The number of aromatic nitrogens is 1. The Morgan fingerprint density at radius 3 is 2.08 bits per heavy atom. The summed E-state index contributed by atoms with van der Waals surface area (Å²) in [5.41, 5.74) is -0.614. The molecule has 1 aromatic heterocycles. The number of hydrogen-bond acceptors (Lipinski definition) is 4. The molecule has 1 aromatic carbocycles. The molecule has 0 N–H and O–H groups in total. The van der Waals surface area contributed by atoms with Crippen LogP contribution in [0.5, 0.6) is 0 Å². The van der Waals surface area contributed by atoms with Gasteiger partial charge in [-0.25, -0.2) is 8.42 Å². The van der Waals surface area contributed by atoms with Crippen molar-refractivity contribution in [3.63, 3.8) is 0 Å². The minimum Gasteiger partial charge on any atom is -0.300 e. The largest absolute Gasteiger partial charge is 0.433 e. The fraction of sp³-hybridized carbons (Fsp3) is 0.333. The number of nitrogens with zero attached hydrogens (tertiary/aromatic N) is 1. The number of sulfone groups is 1. The molecule has 0 radical (unpaired) electrons. The number of alkyl halides is 3. The van der Waals surface area contributed by atoms with Crippen molar-refractivity contribution >= 4 is 15.6 Å². The normalized spacial score (nSPS) is 17.9. The van der Waals surface area contributed by atoms with Crippen molar-refractivity contribution in [1.29, 1.82) is 0 Å². The number of ketones is 1. The van der Waals surface area contributed by atoms with Gasteiger partial charge >= 0.3 is 6.18 Å². The molecule has 0 saturated heterocycles. The Kier molecular flexibility index (Phi) is 4.64. The third-order valence-corrected chi connectivity index (χ3v) is 7.30. The van der Waals surface area contributed by atoms with Crippen LogP contribution in [0.4, 0.5) is 13.2 Å². The number of Topliss-reactive ketones (excluding diaryl/α,β-unsaturated/α-hetero) is 1. The Morgan fingerprint density at radius 2 is 1.58 bits per heavy atom. The summed E-state index contributed by atoms with van der Waals surface area (Å²) in [7, 11) is -4.04. The summed E-state index contributed by atoms with van der Waals surface area (Å²) in [6.07, 6.45) is -3.47. The Balaban J connectivity index is 2.10. The van der Waals surface area contributed by atoms with Crippen LogP contribution in [0.1, 0.15) is 36.9 Å². The number of pyridine rings is 1. The molecule has 1 fully saturated rings. The minimum atomic E-state index is -4.64. The number of carbonyl (C=O) groups is 1. The highest BCUT2D eigenvalue weighted by Crippen LogP contribution is 2.46. The van der Waals surface area contributed by atoms with E-state index in [-0.39, 0.29) is 36.4 Å². The van der Waals surface area contributed by atoms with Crippen LogP contribution in [0.3, 0.4) is 0 Å². The Hall–Kier alpha value is -2.22. The van der Waals surface area contributed by atoms with Gasteiger partial charge in [0.25, 0.3) is 0 Å². The third-order valence-electron chi connectivity index (χ3n) is 4.77. The fourth-order valence-electron chi connectivity index (χ4n) is 3.32. The molecule has 1 heterocycles. The van der Waals surface area contributed by atoms with Gasteiger partial charge in [-0.3, -0.25) is 9.78 Å². The van der Waals surface area contributed by atoms with Crippen LogP contribution >= 0.6 is 0 Å². The zero-order valence-corrected chi connectivity index (χ0v) is 14.5. The first-order valence-corrected chi connectivity index (χ1v) is 9.50. The van der Waals surface area contributed by atoms with Gasteiger partial charge in [-0.2, -0.15) is 13.2 Å². The van der Waals surface area contributed by atoms with Gasteiger partial charge < -0.3 is 0 Å². The van der Waals surface area contributed by atoms with E-state index in [0.29, 0.717) is 11.6 Å². The lowest BCUT2D eigenvalue weighted by Gasteiger charge is -2.36. The van der Waals surface area contributed by atoms with Crippen molar-refractivity contribution in [2.24, 2.45) is 0 Å². The second-order valence-electron chi connectivity index (χ2n) is 6.28. The van der Waals surface area contributed by atoms with E-state index >= 15 is 0 Å². The summed E-state index contributed by atoms with van der Waals surface area (Å²) in [5.74, 6) is -0.0164. The summed E-state index contributed by atoms with van der Waals surface area (Å²) in [6.45, 7) is 0. The maximum absolute atomic E-state index is 13.3. The molecule has 3 rings (SSSR count). The SMILES string of the molecule is O=C1CCC(c2ccccc2)(S(=O)(=O)c2ccc(C(F)(F)F)nc2)CC1. The molecule has 26 heavy (non-hydrogen) atoms. The first kappa shape index (κ1) is 18.6.